The molecule has 0 aliphatic heterocycles. The normalized spacial score (nSPS) is 31.4. The molecule has 0 aromatic heterocycles. The zero-order valence-corrected chi connectivity index (χ0v) is 11.3. The summed E-state index contributed by atoms with van der Waals surface area (Å²) < 4.78 is 42.4. The Kier molecular flexibility index (Phi) is 3.88. The van der Waals surface area contributed by atoms with E-state index < -0.39 is 18.2 Å². The van der Waals surface area contributed by atoms with E-state index in [4.69, 9.17) is 4.74 Å². The molecule has 17 heavy (non-hydrogen) atoms. The average molecular weight is 252 g/mol. The van der Waals surface area contributed by atoms with E-state index >= 15 is 0 Å². The van der Waals surface area contributed by atoms with Crippen LogP contribution in [0.25, 0.3) is 0 Å². The first kappa shape index (κ1) is 14.8. The highest BCUT2D eigenvalue weighted by Crippen LogP contribution is 2.57. The predicted octanol–water partition coefficient (Wildman–Crippen LogP) is 4.42. The van der Waals surface area contributed by atoms with Crippen molar-refractivity contribution in [3.05, 3.63) is 0 Å². The fourth-order valence-corrected chi connectivity index (χ4v) is 2.36. The second-order valence-electron chi connectivity index (χ2n) is 6.37. The van der Waals surface area contributed by atoms with Crippen LogP contribution in [0.4, 0.5) is 13.2 Å². The van der Waals surface area contributed by atoms with Gasteiger partial charge in [-0.2, -0.15) is 13.2 Å². The second-order valence-corrected chi connectivity index (χ2v) is 6.37. The highest BCUT2D eigenvalue weighted by Gasteiger charge is 2.50. The van der Waals surface area contributed by atoms with Crippen LogP contribution in [0.5, 0.6) is 0 Å². The van der Waals surface area contributed by atoms with Gasteiger partial charge in [-0.25, -0.2) is 0 Å². The summed E-state index contributed by atoms with van der Waals surface area (Å²) in [6.45, 7) is 9.84. The second kappa shape index (κ2) is 4.45. The molecule has 0 N–H and O–H groups in total. The lowest BCUT2D eigenvalue weighted by atomic mass is 9.91. The molecule has 1 fully saturated rings. The van der Waals surface area contributed by atoms with Crippen molar-refractivity contribution in [2.24, 2.45) is 17.3 Å². The van der Waals surface area contributed by atoms with Crippen LogP contribution >= 0.6 is 0 Å². The molecular weight excluding hydrogens is 229 g/mol. The van der Waals surface area contributed by atoms with Gasteiger partial charge in [0.2, 0.25) is 0 Å². The van der Waals surface area contributed by atoms with Crippen molar-refractivity contribution in [3.63, 3.8) is 0 Å². The van der Waals surface area contributed by atoms with Crippen molar-refractivity contribution >= 4 is 0 Å². The van der Waals surface area contributed by atoms with Gasteiger partial charge in [-0.15, -0.1) is 0 Å². The van der Waals surface area contributed by atoms with E-state index in [0.29, 0.717) is 18.4 Å². The molecular formula is C13H23F3O. The Morgan fingerprint density at radius 2 is 1.82 bits per heavy atom. The molecule has 0 radical (unpaired) electrons. The fourth-order valence-electron chi connectivity index (χ4n) is 2.36. The summed E-state index contributed by atoms with van der Waals surface area (Å²) in [6.07, 6.45) is -3.90. The minimum absolute atomic E-state index is 0.258. The maximum absolute atomic E-state index is 12.3. The maximum Gasteiger partial charge on any atom is 0.391 e. The fraction of sp³-hybridized carbons (Fsp3) is 1.00. The number of hydrogen-bond acceptors (Lipinski definition) is 1. The molecule has 1 saturated carbocycles. The summed E-state index contributed by atoms with van der Waals surface area (Å²) in [5, 5.41) is 0. The minimum atomic E-state index is -4.16. The molecule has 4 heteroatoms. The van der Waals surface area contributed by atoms with Crippen molar-refractivity contribution in [2.75, 3.05) is 6.61 Å². The molecule has 1 unspecified atom stereocenters. The molecule has 1 aliphatic carbocycles. The van der Waals surface area contributed by atoms with Crippen LogP contribution in [0.1, 0.15) is 47.5 Å². The first-order valence-electron chi connectivity index (χ1n) is 6.17. The van der Waals surface area contributed by atoms with Crippen LogP contribution in [0.3, 0.4) is 0 Å². The number of halogens is 3. The highest BCUT2D eigenvalue weighted by atomic mass is 19.4. The predicted molar refractivity (Wildman–Crippen MR) is 61.8 cm³/mol. The summed E-state index contributed by atoms with van der Waals surface area (Å²) in [6, 6.07) is 0. The van der Waals surface area contributed by atoms with Gasteiger partial charge in [0.25, 0.3) is 0 Å². The third-order valence-corrected chi connectivity index (χ3v) is 4.19. The van der Waals surface area contributed by atoms with E-state index in [0.717, 1.165) is 6.42 Å². The van der Waals surface area contributed by atoms with Crippen LogP contribution < -0.4 is 0 Å². The van der Waals surface area contributed by atoms with Crippen molar-refractivity contribution in [3.8, 4) is 0 Å². The standard InChI is InChI=1S/C13H23F3O/c1-9-6-12(9,5)10(2)7-17-11(3,4)8-13(14,15)16/h9-10H,6-8H2,1-5H3/t9?,10-,12+/m0/s1. The summed E-state index contributed by atoms with van der Waals surface area (Å²) in [5.74, 6) is 0.969. The summed E-state index contributed by atoms with van der Waals surface area (Å²) in [7, 11) is 0. The molecule has 0 spiro atoms. The monoisotopic (exact) mass is 252 g/mol. The van der Waals surface area contributed by atoms with Crippen LogP contribution in [0, 0.1) is 17.3 Å². The lowest BCUT2D eigenvalue weighted by molar-refractivity contribution is -0.183. The lowest BCUT2D eigenvalue weighted by Crippen LogP contribution is -2.34. The zero-order valence-electron chi connectivity index (χ0n) is 11.3. The van der Waals surface area contributed by atoms with Gasteiger partial charge in [-0.1, -0.05) is 20.8 Å². The molecule has 3 atom stereocenters. The van der Waals surface area contributed by atoms with Gasteiger partial charge in [-0.3, -0.25) is 0 Å². The molecule has 0 amide bonds. The molecule has 0 saturated heterocycles. The Hall–Kier alpha value is -0.250. The Bertz CT molecular complexity index is 272. The summed E-state index contributed by atoms with van der Waals surface area (Å²) in [4.78, 5) is 0. The Morgan fingerprint density at radius 1 is 1.35 bits per heavy atom. The number of rotatable bonds is 5. The molecule has 0 bridgehead atoms. The zero-order chi connectivity index (χ0) is 13.5. The van der Waals surface area contributed by atoms with Gasteiger partial charge in [0, 0.05) is 0 Å². The van der Waals surface area contributed by atoms with E-state index in [1.54, 1.807) is 0 Å². The van der Waals surface area contributed by atoms with Gasteiger partial charge in [0.15, 0.2) is 0 Å². The largest absolute Gasteiger partial charge is 0.391 e. The molecule has 0 aromatic rings. The number of ether oxygens (including phenoxy) is 1. The van der Waals surface area contributed by atoms with Gasteiger partial charge in [0.1, 0.15) is 0 Å². The van der Waals surface area contributed by atoms with Crippen molar-refractivity contribution in [1.82, 2.24) is 0 Å². The first-order chi connectivity index (χ1) is 7.46. The molecule has 102 valence electrons. The molecule has 1 nitrogen and oxygen atoms in total. The van der Waals surface area contributed by atoms with Crippen molar-refractivity contribution in [2.45, 2.75) is 59.2 Å². The number of hydrogen-bond donors (Lipinski definition) is 0. The summed E-state index contributed by atoms with van der Waals surface area (Å²) in [5.41, 5.74) is -0.866. The molecule has 1 aliphatic rings. The van der Waals surface area contributed by atoms with Gasteiger partial charge in [-0.05, 0) is 37.5 Å². The Morgan fingerprint density at radius 3 is 2.18 bits per heavy atom. The summed E-state index contributed by atoms with van der Waals surface area (Å²) >= 11 is 0. The SMILES string of the molecule is CC1C[C@@]1(C)[C@@H](C)COC(C)(C)CC(F)(F)F. The third-order valence-electron chi connectivity index (χ3n) is 4.19. The first-order valence-corrected chi connectivity index (χ1v) is 6.17. The van der Waals surface area contributed by atoms with Gasteiger partial charge in [0.05, 0.1) is 18.6 Å². The molecule has 0 heterocycles. The van der Waals surface area contributed by atoms with Crippen molar-refractivity contribution < 1.29 is 17.9 Å². The third kappa shape index (κ3) is 4.16. The number of alkyl halides is 3. The van der Waals surface area contributed by atoms with Crippen LogP contribution in [-0.4, -0.2) is 18.4 Å². The lowest BCUT2D eigenvalue weighted by Gasteiger charge is -2.30. The Balaban J connectivity index is 2.39. The van der Waals surface area contributed by atoms with E-state index in [9.17, 15) is 13.2 Å². The van der Waals surface area contributed by atoms with Crippen LogP contribution in [0.2, 0.25) is 0 Å². The van der Waals surface area contributed by atoms with Gasteiger partial charge >= 0.3 is 6.18 Å². The average Bonchev–Trinajstić information content (AvgIpc) is 2.68. The smallest absolute Gasteiger partial charge is 0.375 e. The van der Waals surface area contributed by atoms with E-state index in [1.165, 1.54) is 13.8 Å². The van der Waals surface area contributed by atoms with Crippen molar-refractivity contribution in [1.29, 1.82) is 0 Å². The minimum Gasteiger partial charge on any atom is -0.375 e. The topological polar surface area (TPSA) is 9.23 Å². The Labute approximate surface area is 102 Å². The molecule has 1 rings (SSSR count). The van der Waals surface area contributed by atoms with E-state index in [-0.39, 0.29) is 5.41 Å². The highest BCUT2D eigenvalue weighted by molar-refractivity contribution is 4.99. The van der Waals surface area contributed by atoms with E-state index in [1.807, 2.05) is 0 Å². The quantitative estimate of drug-likeness (QED) is 0.704. The molecule has 0 aromatic carbocycles. The van der Waals surface area contributed by atoms with Gasteiger partial charge < -0.3 is 4.74 Å². The maximum atomic E-state index is 12.3. The van der Waals surface area contributed by atoms with E-state index in [2.05, 4.69) is 20.8 Å². The van der Waals surface area contributed by atoms with Crippen LogP contribution in [-0.2, 0) is 4.74 Å². The van der Waals surface area contributed by atoms with Crippen LogP contribution in [0.15, 0.2) is 0 Å².